The summed E-state index contributed by atoms with van der Waals surface area (Å²) in [5.41, 5.74) is 0.678. The number of rotatable bonds is 4. The van der Waals surface area contributed by atoms with E-state index in [4.69, 9.17) is 14.6 Å². The second-order valence-corrected chi connectivity index (χ2v) is 4.06. The van der Waals surface area contributed by atoms with Crippen LogP contribution in [0.2, 0.25) is 0 Å². The van der Waals surface area contributed by atoms with E-state index in [0.717, 1.165) is 0 Å². The highest BCUT2D eigenvalue weighted by atomic mass is 16.6. The van der Waals surface area contributed by atoms with Crippen molar-refractivity contribution >= 4 is 11.9 Å². The fraction of sp³-hybridized carbons (Fsp3) is 0.385. The lowest BCUT2D eigenvalue weighted by Gasteiger charge is -2.14. The third-order valence-electron chi connectivity index (χ3n) is 2.85. The first-order chi connectivity index (χ1) is 8.61. The van der Waals surface area contributed by atoms with Crippen LogP contribution in [0.25, 0.3) is 0 Å². The average molecular weight is 250 g/mol. The summed E-state index contributed by atoms with van der Waals surface area (Å²) in [6.45, 7) is 2.45. The zero-order valence-corrected chi connectivity index (χ0v) is 9.96. The van der Waals surface area contributed by atoms with E-state index < -0.39 is 24.0 Å². The highest BCUT2D eigenvalue weighted by Gasteiger charge is 2.40. The summed E-state index contributed by atoms with van der Waals surface area (Å²) >= 11 is 0. The molecule has 5 heteroatoms. The van der Waals surface area contributed by atoms with E-state index >= 15 is 0 Å². The Kier molecular flexibility index (Phi) is 3.50. The molecule has 0 amide bonds. The summed E-state index contributed by atoms with van der Waals surface area (Å²) in [6, 6.07) is 6.93. The molecule has 18 heavy (non-hydrogen) atoms. The van der Waals surface area contributed by atoms with E-state index in [1.54, 1.807) is 24.3 Å². The van der Waals surface area contributed by atoms with Crippen LogP contribution in [0.3, 0.4) is 0 Å². The van der Waals surface area contributed by atoms with Crippen LogP contribution in [0.4, 0.5) is 0 Å². The van der Waals surface area contributed by atoms with E-state index in [-0.39, 0.29) is 6.42 Å². The van der Waals surface area contributed by atoms with Crippen molar-refractivity contribution in [3.05, 3.63) is 29.8 Å². The number of carboxylic acids is 1. The van der Waals surface area contributed by atoms with Gasteiger partial charge in [-0.05, 0) is 24.6 Å². The largest absolute Gasteiger partial charge is 0.494 e. The number of aliphatic carboxylic acids is 1. The van der Waals surface area contributed by atoms with Crippen LogP contribution in [0, 0.1) is 5.92 Å². The van der Waals surface area contributed by atoms with Gasteiger partial charge in [0.2, 0.25) is 0 Å². The van der Waals surface area contributed by atoms with Crippen molar-refractivity contribution in [2.75, 3.05) is 6.61 Å². The Balaban J connectivity index is 2.19. The van der Waals surface area contributed by atoms with Crippen LogP contribution < -0.4 is 4.74 Å². The van der Waals surface area contributed by atoms with Crippen molar-refractivity contribution in [3.8, 4) is 5.75 Å². The van der Waals surface area contributed by atoms with Gasteiger partial charge in [0.1, 0.15) is 17.8 Å². The van der Waals surface area contributed by atoms with E-state index in [1.165, 1.54) is 0 Å². The lowest BCUT2D eigenvalue weighted by molar-refractivity contribution is -0.144. The minimum atomic E-state index is -1.01. The minimum Gasteiger partial charge on any atom is -0.494 e. The molecule has 1 aromatic carbocycles. The Morgan fingerprint density at radius 3 is 2.67 bits per heavy atom. The summed E-state index contributed by atoms with van der Waals surface area (Å²) in [4.78, 5) is 22.2. The predicted octanol–water partition coefficient (Wildman–Crippen LogP) is 1.77. The molecule has 1 aromatic rings. The van der Waals surface area contributed by atoms with Gasteiger partial charge in [-0.15, -0.1) is 0 Å². The summed E-state index contributed by atoms with van der Waals surface area (Å²) in [7, 11) is 0. The van der Waals surface area contributed by atoms with Gasteiger partial charge in [0.05, 0.1) is 13.0 Å². The molecule has 1 saturated heterocycles. The molecule has 0 aliphatic carbocycles. The fourth-order valence-corrected chi connectivity index (χ4v) is 2.00. The summed E-state index contributed by atoms with van der Waals surface area (Å²) in [6.07, 6.45) is -0.779. The summed E-state index contributed by atoms with van der Waals surface area (Å²) in [5, 5.41) is 9.04. The van der Waals surface area contributed by atoms with E-state index in [9.17, 15) is 9.59 Å². The minimum absolute atomic E-state index is 0.0762. The van der Waals surface area contributed by atoms with Gasteiger partial charge in [0.15, 0.2) is 0 Å². The van der Waals surface area contributed by atoms with Crippen LogP contribution in [-0.4, -0.2) is 23.7 Å². The number of carboxylic acid groups (broad SMARTS) is 1. The number of esters is 1. The topological polar surface area (TPSA) is 72.8 Å². The first-order valence-corrected chi connectivity index (χ1v) is 5.77. The van der Waals surface area contributed by atoms with Gasteiger partial charge in [0, 0.05) is 0 Å². The Morgan fingerprint density at radius 2 is 2.11 bits per heavy atom. The van der Waals surface area contributed by atoms with E-state index in [1.807, 2.05) is 6.92 Å². The normalized spacial score (nSPS) is 22.6. The monoisotopic (exact) mass is 250 g/mol. The lowest BCUT2D eigenvalue weighted by atomic mass is 9.95. The molecular weight excluding hydrogens is 236 g/mol. The van der Waals surface area contributed by atoms with Gasteiger partial charge in [-0.1, -0.05) is 12.1 Å². The SMILES string of the molecule is CCOc1ccc(C2OC(=O)CC2C(=O)O)cc1. The predicted molar refractivity (Wildman–Crippen MR) is 62.2 cm³/mol. The number of hydrogen-bond donors (Lipinski definition) is 1. The molecule has 1 N–H and O–H groups in total. The first kappa shape index (κ1) is 12.4. The Bertz CT molecular complexity index is 451. The van der Waals surface area contributed by atoms with Gasteiger partial charge >= 0.3 is 11.9 Å². The molecule has 1 fully saturated rings. The van der Waals surface area contributed by atoms with Crippen molar-refractivity contribution in [2.45, 2.75) is 19.4 Å². The molecule has 2 unspecified atom stereocenters. The van der Waals surface area contributed by atoms with Gasteiger partial charge in [0.25, 0.3) is 0 Å². The van der Waals surface area contributed by atoms with Gasteiger partial charge < -0.3 is 14.6 Å². The van der Waals surface area contributed by atoms with Crippen LogP contribution in [0.5, 0.6) is 5.75 Å². The molecule has 1 aliphatic rings. The highest BCUT2D eigenvalue weighted by Crippen LogP contribution is 2.36. The molecule has 0 radical (unpaired) electrons. The van der Waals surface area contributed by atoms with Crippen molar-refractivity contribution in [1.29, 1.82) is 0 Å². The standard InChI is InChI=1S/C13H14O5/c1-2-17-9-5-3-8(4-6-9)12-10(13(15)16)7-11(14)18-12/h3-6,10,12H,2,7H2,1H3,(H,15,16). The molecular formula is C13H14O5. The smallest absolute Gasteiger partial charge is 0.311 e. The van der Waals surface area contributed by atoms with Crippen molar-refractivity contribution < 1.29 is 24.2 Å². The molecule has 2 rings (SSSR count). The van der Waals surface area contributed by atoms with Gasteiger partial charge in [-0.2, -0.15) is 0 Å². The first-order valence-electron chi connectivity index (χ1n) is 5.77. The maximum atomic E-state index is 11.2. The number of hydrogen-bond acceptors (Lipinski definition) is 4. The van der Waals surface area contributed by atoms with Crippen LogP contribution in [0.15, 0.2) is 24.3 Å². The van der Waals surface area contributed by atoms with Crippen molar-refractivity contribution in [2.24, 2.45) is 5.92 Å². The number of carbonyl (C=O) groups is 2. The Morgan fingerprint density at radius 1 is 1.44 bits per heavy atom. The molecule has 5 nitrogen and oxygen atoms in total. The third kappa shape index (κ3) is 2.45. The summed E-state index contributed by atoms with van der Waals surface area (Å²) in [5.74, 6) is -1.59. The van der Waals surface area contributed by atoms with Crippen LogP contribution in [-0.2, 0) is 14.3 Å². The van der Waals surface area contributed by atoms with Crippen molar-refractivity contribution in [3.63, 3.8) is 0 Å². The quantitative estimate of drug-likeness (QED) is 0.824. The van der Waals surface area contributed by atoms with Crippen molar-refractivity contribution in [1.82, 2.24) is 0 Å². The fourth-order valence-electron chi connectivity index (χ4n) is 2.00. The zero-order chi connectivity index (χ0) is 13.1. The van der Waals surface area contributed by atoms with Crippen LogP contribution in [0.1, 0.15) is 25.0 Å². The Hall–Kier alpha value is -2.04. The average Bonchev–Trinajstić information content (AvgIpc) is 2.73. The molecule has 0 bridgehead atoms. The Labute approximate surface area is 104 Å². The van der Waals surface area contributed by atoms with E-state index in [0.29, 0.717) is 17.9 Å². The zero-order valence-electron chi connectivity index (χ0n) is 9.96. The maximum Gasteiger partial charge on any atom is 0.311 e. The number of cyclic esters (lactones) is 1. The lowest BCUT2D eigenvalue weighted by Crippen LogP contribution is -2.17. The molecule has 0 saturated carbocycles. The maximum absolute atomic E-state index is 11.2. The molecule has 0 aromatic heterocycles. The molecule has 2 atom stereocenters. The number of ether oxygens (including phenoxy) is 2. The van der Waals surface area contributed by atoms with E-state index in [2.05, 4.69) is 0 Å². The second kappa shape index (κ2) is 5.08. The molecule has 1 aliphatic heterocycles. The molecule has 96 valence electrons. The molecule has 1 heterocycles. The molecule has 0 spiro atoms. The third-order valence-corrected chi connectivity index (χ3v) is 2.85. The van der Waals surface area contributed by atoms with Crippen LogP contribution >= 0.6 is 0 Å². The number of carbonyl (C=O) groups excluding carboxylic acids is 1. The van der Waals surface area contributed by atoms with Gasteiger partial charge in [-0.3, -0.25) is 9.59 Å². The summed E-state index contributed by atoms with van der Waals surface area (Å²) < 4.78 is 10.4. The van der Waals surface area contributed by atoms with Gasteiger partial charge in [-0.25, -0.2) is 0 Å². The number of benzene rings is 1. The highest BCUT2D eigenvalue weighted by molar-refractivity contribution is 5.82. The second-order valence-electron chi connectivity index (χ2n) is 4.06.